The number of methoxy groups -OCH3 is 1. The molecule has 39 heavy (non-hydrogen) atoms. The van der Waals surface area contributed by atoms with Gasteiger partial charge in [-0.3, -0.25) is 9.29 Å². The van der Waals surface area contributed by atoms with E-state index in [1.165, 1.54) is 26.4 Å². The summed E-state index contributed by atoms with van der Waals surface area (Å²) in [5.41, 5.74) is 0.444. The number of nitrogens with one attached hydrogen (secondary N) is 1. The molecule has 4 rings (SSSR count). The van der Waals surface area contributed by atoms with Gasteiger partial charge in [0.1, 0.15) is 23.2 Å². The zero-order valence-electron chi connectivity index (χ0n) is 22.3. The quantitative estimate of drug-likeness (QED) is 0.355. The molecule has 0 amide bonds. The van der Waals surface area contributed by atoms with Crippen LogP contribution in [0, 0.1) is 0 Å². The Hall–Kier alpha value is -2.91. The third-order valence-electron chi connectivity index (χ3n) is 6.11. The maximum absolute atomic E-state index is 13.7. The minimum Gasteiger partial charge on any atom is -0.481 e. The lowest BCUT2D eigenvalue weighted by Gasteiger charge is -2.30. The summed E-state index contributed by atoms with van der Waals surface area (Å²) in [5, 5.41) is 7.68. The van der Waals surface area contributed by atoms with Crippen LogP contribution in [-0.4, -0.2) is 82.5 Å². The second-order valence-electron chi connectivity index (χ2n) is 9.22. The van der Waals surface area contributed by atoms with Gasteiger partial charge in [0.25, 0.3) is 0 Å². The van der Waals surface area contributed by atoms with Crippen LogP contribution in [0.2, 0.25) is 5.02 Å². The van der Waals surface area contributed by atoms with Crippen LogP contribution in [0.4, 0.5) is 5.95 Å². The van der Waals surface area contributed by atoms with Crippen molar-refractivity contribution in [1.82, 2.24) is 29.7 Å². The first-order valence-electron chi connectivity index (χ1n) is 12.4. The molecule has 3 aromatic heterocycles. The van der Waals surface area contributed by atoms with Gasteiger partial charge < -0.3 is 18.9 Å². The Bertz CT molecular complexity index is 1350. The Labute approximate surface area is 232 Å². The molecule has 0 aromatic carbocycles. The smallest absolute Gasteiger partial charge is 0.240 e. The number of ether oxygens (including phenoxy) is 4. The van der Waals surface area contributed by atoms with Crippen molar-refractivity contribution >= 4 is 27.6 Å². The highest BCUT2D eigenvalue weighted by Crippen LogP contribution is 2.31. The molecule has 13 nitrogen and oxygen atoms in total. The Morgan fingerprint density at radius 1 is 1.13 bits per heavy atom. The molecule has 0 aliphatic carbocycles. The van der Waals surface area contributed by atoms with Crippen LogP contribution < -0.4 is 9.46 Å². The van der Waals surface area contributed by atoms with E-state index in [9.17, 15) is 8.42 Å². The summed E-state index contributed by atoms with van der Waals surface area (Å²) in [6.45, 7) is 8.21. The highest BCUT2D eigenvalue weighted by atomic mass is 35.5. The topological polar surface area (TPSA) is 152 Å². The fraction of sp³-hybridized carbons (Fsp3) is 0.542. The van der Waals surface area contributed by atoms with Crippen LogP contribution in [0.15, 0.2) is 30.6 Å². The maximum Gasteiger partial charge on any atom is 0.240 e. The van der Waals surface area contributed by atoms with E-state index < -0.39 is 27.4 Å². The van der Waals surface area contributed by atoms with E-state index in [1.807, 2.05) is 6.92 Å². The van der Waals surface area contributed by atoms with E-state index in [1.54, 1.807) is 36.6 Å². The lowest BCUT2D eigenvalue weighted by molar-refractivity contribution is -0.104. The average molecular weight is 582 g/mol. The number of halogens is 1. The second kappa shape index (κ2) is 12.5. The molecule has 4 atom stereocenters. The molecule has 2 unspecified atom stereocenters. The number of sulfonamides is 1. The molecular weight excluding hydrogens is 550 g/mol. The number of hydrogen-bond acceptors (Lipinski definition) is 11. The molecule has 1 aliphatic heterocycles. The second-order valence-corrected chi connectivity index (χ2v) is 11.7. The van der Waals surface area contributed by atoms with Crippen molar-refractivity contribution in [2.24, 2.45) is 0 Å². The van der Waals surface area contributed by atoms with E-state index in [2.05, 4.69) is 29.9 Å². The molecule has 1 fully saturated rings. The predicted octanol–water partition coefficient (Wildman–Crippen LogP) is 3.07. The number of pyridine rings is 1. The molecule has 15 heteroatoms. The number of aromatic nitrogens is 6. The third-order valence-corrected chi connectivity index (χ3v) is 8.00. The summed E-state index contributed by atoms with van der Waals surface area (Å²) in [6, 6.07) is 4.78. The molecule has 0 radical (unpaired) electrons. The van der Waals surface area contributed by atoms with E-state index in [0.29, 0.717) is 42.2 Å². The van der Waals surface area contributed by atoms with Crippen molar-refractivity contribution in [3.05, 3.63) is 41.4 Å². The summed E-state index contributed by atoms with van der Waals surface area (Å²) in [7, 11) is -2.61. The molecule has 1 saturated heterocycles. The Morgan fingerprint density at radius 3 is 2.51 bits per heavy atom. The van der Waals surface area contributed by atoms with Crippen LogP contribution in [0.3, 0.4) is 0 Å². The third kappa shape index (κ3) is 6.81. The van der Waals surface area contributed by atoms with Crippen molar-refractivity contribution in [3.8, 4) is 17.4 Å². The maximum atomic E-state index is 13.7. The van der Waals surface area contributed by atoms with Gasteiger partial charge in [0.05, 0.1) is 44.1 Å². The molecule has 4 heterocycles. The molecule has 0 spiro atoms. The SMILES string of the molecule is COc1cccc(-c2nnc(NS(=O)(=O)C(C)C(OC(C)C)c3ncc(Cl)cn3)n2[C@H](C)[C@@H]2COCCO2)n1. The van der Waals surface area contributed by atoms with Crippen LogP contribution >= 0.6 is 11.6 Å². The van der Waals surface area contributed by atoms with E-state index >= 15 is 0 Å². The van der Waals surface area contributed by atoms with E-state index in [-0.39, 0.29) is 24.0 Å². The van der Waals surface area contributed by atoms with Gasteiger partial charge in [0.15, 0.2) is 11.6 Å². The van der Waals surface area contributed by atoms with Crippen LogP contribution in [-0.2, 0) is 24.2 Å². The van der Waals surface area contributed by atoms with Gasteiger partial charge in [-0.05, 0) is 33.8 Å². The average Bonchev–Trinajstić information content (AvgIpc) is 3.34. The molecule has 1 aliphatic rings. The minimum atomic E-state index is -4.11. The van der Waals surface area contributed by atoms with Gasteiger partial charge in [-0.1, -0.05) is 17.7 Å². The fourth-order valence-corrected chi connectivity index (χ4v) is 5.24. The summed E-state index contributed by atoms with van der Waals surface area (Å²) in [5.74, 6) is 0.884. The summed E-state index contributed by atoms with van der Waals surface area (Å²) >= 11 is 5.94. The summed E-state index contributed by atoms with van der Waals surface area (Å²) in [6.07, 6.45) is 1.13. The van der Waals surface area contributed by atoms with Crippen molar-refractivity contribution in [1.29, 1.82) is 0 Å². The first kappa shape index (κ1) is 29.1. The summed E-state index contributed by atoms with van der Waals surface area (Å²) in [4.78, 5) is 12.9. The Kier molecular flexibility index (Phi) is 9.33. The van der Waals surface area contributed by atoms with Crippen LogP contribution in [0.1, 0.15) is 45.7 Å². The van der Waals surface area contributed by atoms with Crippen LogP contribution in [0.25, 0.3) is 11.5 Å². The molecule has 1 N–H and O–H groups in total. The van der Waals surface area contributed by atoms with Crippen molar-refractivity contribution in [3.63, 3.8) is 0 Å². The molecule has 3 aromatic rings. The first-order chi connectivity index (χ1) is 18.6. The van der Waals surface area contributed by atoms with Gasteiger partial charge in [-0.25, -0.2) is 23.4 Å². The first-order valence-corrected chi connectivity index (χ1v) is 14.3. The van der Waals surface area contributed by atoms with Crippen molar-refractivity contribution in [2.45, 2.75) is 57.3 Å². The van der Waals surface area contributed by atoms with Gasteiger partial charge in [0.2, 0.25) is 21.9 Å². The van der Waals surface area contributed by atoms with Crippen LogP contribution in [0.5, 0.6) is 5.88 Å². The number of anilines is 1. The Morgan fingerprint density at radius 2 is 1.87 bits per heavy atom. The standard InChI is InChI=1S/C24H32ClN7O6S/c1-14(2)38-21(22-26-11-17(25)12-27-22)16(4)39(33,34)31-24-30-29-23(18-7-6-8-20(28-18)35-5)32(24)15(3)19-13-36-9-10-37-19/h6-8,11-12,14-16,19,21H,9-10,13H2,1-5H3,(H,30,31)/t15-,16?,19+,21?/m1/s1. The lowest BCUT2D eigenvalue weighted by Crippen LogP contribution is -2.37. The number of hydrogen-bond donors (Lipinski definition) is 1. The molecule has 0 bridgehead atoms. The number of nitrogens with zero attached hydrogens (tertiary/aromatic N) is 6. The zero-order valence-corrected chi connectivity index (χ0v) is 23.9. The zero-order chi connectivity index (χ0) is 28.2. The number of rotatable bonds is 11. The van der Waals surface area contributed by atoms with Gasteiger partial charge in [0, 0.05) is 18.5 Å². The molecular formula is C24H32ClN7O6S. The lowest BCUT2D eigenvalue weighted by atomic mass is 10.1. The van der Waals surface area contributed by atoms with Crippen molar-refractivity contribution in [2.75, 3.05) is 31.7 Å². The van der Waals surface area contributed by atoms with E-state index in [4.69, 9.17) is 30.5 Å². The monoisotopic (exact) mass is 581 g/mol. The minimum absolute atomic E-state index is 0.0107. The highest BCUT2D eigenvalue weighted by molar-refractivity contribution is 7.93. The van der Waals surface area contributed by atoms with Gasteiger partial charge in [-0.15, -0.1) is 10.2 Å². The van der Waals surface area contributed by atoms with Gasteiger partial charge in [-0.2, -0.15) is 0 Å². The van der Waals surface area contributed by atoms with Gasteiger partial charge >= 0.3 is 0 Å². The van der Waals surface area contributed by atoms with E-state index in [0.717, 1.165) is 0 Å². The van der Waals surface area contributed by atoms with Crippen molar-refractivity contribution < 1.29 is 27.4 Å². The largest absolute Gasteiger partial charge is 0.481 e. The predicted molar refractivity (Wildman–Crippen MR) is 143 cm³/mol. The molecule has 0 saturated carbocycles. The highest BCUT2D eigenvalue weighted by Gasteiger charge is 2.37. The summed E-state index contributed by atoms with van der Waals surface area (Å²) < 4.78 is 54.4. The normalized spacial score (nSPS) is 18.5. The fourth-order valence-electron chi connectivity index (χ4n) is 4.05. The Balaban J connectivity index is 1.72. The molecule has 212 valence electrons.